The van der Waals surface area contributed by atoms with Crippen molar-refractivity contribution < 1.29 is 19.1 Å². The summed E-state index contributed by atoms with van der Waals surface area (Å²) in [6, 6.07) is 4.95. The second kappa shape index (κ2) is 9.61. The minimum absolute atomic E-state index is 0.0146. The number of aromatic nitrogens is 3. The molecule has 2 heterocycles. The van der Waals surface area contributed by atoms with E-state index in [0.29, 0.717) is 35.4 Å². The van der Waals surface area contributed by atoms with Crippen LogP contribution >= 0.6 is 11.8 Å². The van der Waals surface area contributed by atoms with Gasteiger partial charge in [-0.25, -0.2) is 9.89 Å². The maximum atomic E-state index is 12.4. The molecule has 1 aliphatic rings. The summed E-state index contributed by atoms with van der Waals surface area (Å²) in [6.07, 6.45) is 1.85. The first-order chi connectivity index (χ1) is 14.0. The van der Waals surface area contributed by atoms with Crippen LogP contribution in [0.15, 0.2) is 28.2 Å². The zero-order valence-corrected chi connectivity index (χ0v) is 17.0. The molecule has 2 aromatic rings. The van der Waals surface area contributed by atoms with Crippen LogP contribution in [-0.4, -0.2) is 52.2 Å². The minimum Gasteiger partial charge on any atom is -0.495 e. The highest BCUT2D eigenvalue weighted by molar-refractivity contribution is 7.99. The average molecular weight is 421 g/mol. The first kappa shape index (κ1) is 20.9. The van der Waals surface area contributed by atoms with Crippen molar-refractivity contribution >= 4 is 35.0 Å². The topological polar surface area (TPSA) is 127 Å². The number of thioether (sulfide) groups is 1. The molecule has 1 atom stereocenters. The van der Waals surface area contributed by atoms with Crippen LogP contribution in [0.3, 0.4) is 0 Å². The Labute approximate surface area is 171 Å². The molecule has 0 aliphatic carbocycles. The third-order valence-corrected chi connectivity index (χ3v) is 5.24. The number of benzene rings is 1. The van der Waals surface area contributed by atoms with E-state index in [1.807, 2.05) is 0 Å². The van der Waals surface area contributed by atoms with E-state index >= 15 is 0 Å². The lowest BCUT2D eigenvalue weighted by atomic mass is 10.2. The van der Waals surface area contributed by atoms with Gasteiger partial charge in [0.05, 0.1) is 31.2 Å². The molecule has 10 nitrogen and oxygen atoms in total. The Hall–Kier alpha value is -2.79. The van der Waals surface area contributed by atoms with Crippen LogP contribution in [0.25, 0.3) is 0 Å². The number of nitrogens with zero attached hydrogens (tertiary/aromatic N) is 2. The van der Waals surface area contributed by atoms with Gasteiger partial charge in [-0.15, -0.1) is 5.10 Å². The van der Waals surface area contributed by atoms with Gasteiger partial charge in [0.1, 0.15) is 5.75 Å². The van der Waals surface area contributed by atoms with Gasteiger partial charge in [-0.3, -0.25) is 14.2 Å². The Kier molecular flexibility index (Phi) is 6.94. The number of rotatable bonds is 8. The summed E-state index contributed by atoms with van der Waals surface area (Å²) in [5, 5.41) is 12.3. The largest absolute Gasteiger partial charge is 0.495 e. The van der Waals surface area contributed by atoms with Crippen molar-refractivity contribution in [1.82, 2.24) is 14.8 Å². The number of methoxy groups -OCH3 is 1. The zero-order chi connectivity index (χ0) is 20.8. The second-order valence-electron chi connectivity index (χ2n) is 6.49. The summed E-state index contributed by atoms with van der Waals surface area (Å²) in [4.78, 5) is 35.7. The molecule has 0 spiro atoms. The summed E-state index contributed by atoms with van der Waals surface area (Å²) in [7, 11) is 1.49. The zero-order valence-electron chi connectivity index (χ0n) is 16.2. The number of aromatic amines is 1. The number of hydrogen-bond donors (Lipinski definition) is 3. The lowest BCUT2D eigenvalue weighted by Crippen LogP contribution is -2.25. The summed E-state index contributed by atoms with van der Waals surface area (Å²) in [5.74, 6) is -0.00535. The fraction of sp³-hybridized carbons (Fsp3) is 0.444. The highest BCUT2D eigenvalue weighted by Crippen LogP contribution is 2.28. The van der Waals surface area contributed by atoms with Crippen molar-refractivity contribution in [2.24, 2.45) is 0 Å². The summed E-state index contributed by atoms with van der Waals surface area (Å²) in [5.41, 5.74) is 0.648. The van der Waals surface area contributed by atoms with Gasteiger partial charge < -0.3 is 20.1 Å². The Morgan fingerprint density at radius 3 is 2.93 bits per heavy atom. The molecule has 1 aromatic heterocycles. The smallest absolute Gasteiger partial charge is 0.344 e. The van der Waals surface area contributed by atoms with Crippen molar-refractivity contribution in [3.63, 3.8) is 0 Å². The Bertz CT molecular complexity index is 935. The summed E-state index contributed by atoms with van der Waals surface area (Å²) < 4.78 is 12.3. The standard InChI is InChI=1S/C18H23N5O5S/c1-11(24)19-12-5-6-15(27-2)14(8-12)20-16(25)10-29-18-22-21-17(26)23(18)9-13-4-3-7-28-13/h5-6,8,13H,3-4,7,9-10H2,1-2H3,(H,19,24)(H,20,25)(H,21,26). The van der Waals surface area contributed by atoms with Crippen LogP contribution in [0.5, 0.6) is 5.75 Å². The van der Waals surface area contributed by atoms with Crippen molar-refractivity contribution in [1.29, 1.82) is 0 Å². The van der Waals surface area contributed by atoms with E-state index in [4.69, 9.17) is 9.47 Å². The van der Waals surface area contributed by atoms with Crippen LogP contribution in [0.4, 0.5) is 11.4 Å². The van der Waals surface area contributed by atoms with Gasteiger partial charge in [-0.05, 0) is 31.0 Å². The number of carbonyl (C=O) groups is 2. The maximum absolute atomic E-state index is 12.4. The number of amides is 2. The van der Waals surface area contributed by atoms with Gasteiger partial charge >= 0.3 is 5.69 Å². The van der Waals surface area contributed by atoms with Crippen molar-refractivity contribution in [2.45, 2.75) is 37.6 Å². The molecule has 2 amide bonds. The molecule has 3 rings (SSSR count). The molecule has 0 radical (unpaired) electrons. The highest BCUT2D eigenvalue weighted by atomic mass is 32.2. The lowest BCUT2D eigenvalue weighted by molar-refractivity contribution is -0.114. The van der Waals surface area contributed by atoms with Crippen LogP contribution < -0.4 is 21.1 Å². The van der Waals surface area contributed by atoms with E-state index in [9.17, 15) is 14.4 Å². The van der Waals surface area contributed by atoms with E-state index in [0.717, 1.165) is 24.6 Å². The Morgan fingerprint density at radius 2 is 2.24 bits per heavy atom. The fourth-order valence-electron chi connectivity index (χ4n) is 2.97. The van der Waals surface area contributed by atoms with Crippen LogP contribution in [0.1, 0.15) is 19.8 Å². The first-order valence-electron chi connectivity index (χ1n) is 9.11. The van der Waals surface area contributed by atoms with E-state index < -0.39 is 0 Å². The number of anilines is 2. The van der Waals surface area contributed by atoms with E-state index in [1.165, 1.54) is 18.6 Å². The summed E-state index contributed by atoms with van der Waals surface area (Å²) in [6.45, 7) is 2.51. The number of carbonyl (C=O) groups excluding carboxylic acids is 2. The molecular formula is C18H23N5O5S. The molecule has 156 valence electrons. The van der Waals surface area contributed by atoms with Crippen molar-refractivity contribution in [2.75, 3.05) is 30.1 Å². The van der Waals surface area contributed by atoms with Gasteiger partial charge in [0.15, 0.2) is 5.16 Å². The fourth-order valence-corrected chi connectivity index (χ4v) is 3.73. The SMILES string of the molecule is COc1ccc(NC(C)=O)cc1NC(=O)CSc1n[nH]c(=O)n1CC1CCCO1. The minimum atomic E-state index is -0.326. The van der Waals surface area contributed by atoms with Crippen LogP contribution in [0.2, 0.25) is 0 Å². The van der Waals surface area contributed by atoms with Gasteiger partial charge in [-0.2, -0.15) is 0 Å². The molecule has 0 saturated carbocycles. The molecule has 3 N–H and O–H groups in total. The van der Waals surface area contributed by atoms with E-state index in [1.54, 1.807) is 18.2 Å². The Balaban J connectivity index is 1.63. The molecule has 1 unspecified atom stereocenters. The van der Waals surface area contributed by atoms with E-state index in [-0.39, 0.29) is 29.4 Å². The predicted octanol–water partition coefficient (Wildman–Crippen LogP) is 1.45. The predicted molar refractivity (Wildman–Crippen MR) is 108 cm³/mol. The molecule has 0 bridgehead atoms. The molecule has 11 heteroatoms. The van der Waals surface area contributed by atoms with Crippen LogP contribution in [0, 0.1) is 0 Å². The van der Waals surface area contributed by atoms with Crippen molar-refractivity contribution in [3.8, 4) is 5.75 Å². The quantitative estimate of drug-likeness (QED) is 0.551. The van der Waals surface area contributed by atoms with Crippen LogP contribution in [-0.2, 0) is 20.9 Å². The van der Waals surface area contributed by atoms with Crippen molar-refractivity contribution in [3.05, 3.63) is 28.7 Å². The molecule has 1 aromatic carbocycles. The third kappa shape index (κ3) is 5.61. The second-order valence-corrected chi connectivity index (χ2v) is 7.43. The average Bonchev–Trinajstić information content (AvgIpc) is 3.31. The molecule has 1 saturated heterocycles. The van der Waals surface area contributed by atoms with Gasteiger partial charge in [0, 0.05) is 19.2 Å². The van der Waals surface area contributed by atoms with Gasteiger partial charge in [0.2, 0.25) is 11.8 Å². The lowest BCUT2D eigenvalue weighted by Gasteiger charge is -2.13. The van der Waals surface area contributed by atoms with E-state index in [2.05, 4.69) is 20.8 Å². The first-order valence-corrected chi connectivity index (χ1v) is 10.1. The highest BCUT2D eigenvalue weighted by Gasteiger charge is 2.20. The number of ether oxygens (including phenoxy) is 2. The van der Waals surface area contributed by atoms with Gasteiger partial charge in [0.25, 0.3) is 0 Å². The molecule has 29 heavy (non-hydrogen) atoms. The maximum Gasteiger partial charge on any atom is 0.344 e. The third-order valence-electron chi connectivity index (χ3n) is 4.26. The molecular weight excluding hydrogens is 398 g/mol. The molecule has 1 fully saturated rings. The van der Waals surface area contributed by atoms with Gasteiger partial charge in [-0.1, -0.05) is 11.8 Å². The Morgan fingerprint density at radius 1 is 1.41 bits per heavy atom. The summed E-state index contributed by atoms with van der Waals surface area (Å²) >= 11 is 1.15. The number of nitrogens with one attached hydrogen (secondary N) is 3. The monoisotopic (exact) mass is 421 g/mol. The molecule has 1 aliphatic heterocycles. The normalized spacial score (nSPS) is 15.9. The number of H-pyrrole nitrogens is 1. The number of hydrogen-bond acceptors (Lipinski definition) is 7.